The van der Waals surface area contributed by atoms with E-state index in [9.17, 15) is 14.7 Å². The molecular weight excluding hydrogens is 276 g/mol. The average molecular weight is 290 g/mol. The monoisotopic (exact) mass is 290 g/mol. The standard InChI is InChI=1S/C14H14N2O3S/c1-8-4-3-5-10(6-8)7-20-12-11(13(17)18)9(2)15-14(19)16-12/h3-6H,7H2,1-2H3,(H,17,18)(H,15,16,19). The molecule has 0 saturated heterocycles. The molecule has 0 amide bonds. The largest absolute Gasteiger partial charge is 0.478 e. The van der Waals surface area contributed by atoms with Crippen LogP contribution in [0.5, 0.6) is 0 Å². The Kier molecular flexibility index (Phi) is 4.24. The van der Waals surface area contributed by atoms with Gasteiger partial charge in [0, 0.05) is 11.4 Å². The first-order chi connectivity index (χ1) is 9.47. The quantitative estimate of drug-likeness (QED) is 0.667. The van der Waals surface area contributed by atoms with Crippen LogP contribution in [0.15, 0.2) is 34.1 Å². The molecule has 104 valence electrons. The smallest absolute Gasteiger partial charge is 0.346 e. The van der Waals surface area contributed by atoms with Crippen molar-refractivity contribution in [3.63, 3.8) is 0 Å². The third-order valence-electron chi connectivity index (χ3n) is 2.76. The van der Waals surface area contributed by atoms with Crippen molar-refractivity contribution in [2.75, 3.05) is 0 Å². The molecule has 2 aromatic rings. The van der Waals surface area contributed by atoms with Crippen molar-refractivity contribution in [1.82, 2.24) is 9.97 Å². The molecule has 0 aliphatic rings. The second kappa shape index (κ2) is 5.92. The molecule has 6 heteroatoms. The summed E-state index contributed by atoms with van der Waals surface area (Å²) in [5.41, 5.74) is 2.05. The summed E-state index contributed by atoms with van der Waals surface area (Å²) in [5, 5.41) is 9.45. The van der Waals surface area contributed by atoms with E-state index in [-0.39, 0.29) is 10.6 Å². The van der Waals surface area contributed by atoms with Crippen LogP contribution in [-0.2, 0) is 5.75 Å². The molecule has 0 saturated carbocycles. The molecule has 0 aliphatic carbocycles. The highest BCUT2D eigenvalue weighted by molar-refractivity contribution is 7.98. The molecule has 0 fully saturated rings. The number of aromatic amines is 1. The van der Waals surface area contributed by atoms with E-state index in [1.54, 1.807) is 6.92 Å². The summed E-state index contributed by atoms with van der Waals surface area (Å²) >= 11 is 1.25. The predicted octanol–water partition coefficient (Wildman–Crippen LogP) is 2.38. The number of thioether (sulfide) groups is 1. The van der Waals surface area contributed by atoms with Crippen molar-refractivity contribution in [2.45, 2.75) is 24.6 Å². The summed E-state index contributed by atoms with van der Waals surface area (Å²) in [4.78, 5) is 28.8. The van der Waals surface area contributed by atoms with E-state index in [2.05, 4.69) is 9.97 Å². The van der Waals surface area contributed by atoms with Crippen LogP contribution < -0.4 is 5.69 Å². The van der Waals surface area contributed by atoms with Crippen LogP contribution in [0.1, 0.15) is 27.2 Å². The SMILES string of the molecule is Cc1cccc(CSc2nc(=O)[nH]c(C)c2C(=O)O)c1. The van der Waals surface area contributed by atoms with Gasteiger partial charge >= 0.3 is 11.7 Å². The molecule has 0 spiro atoms. The lowest BCUT2D eigenvalue weighted by molar-refractivity contribution is 0.0690. The summed E-state index contributed by atoms with van der Waals surface area (Å²) in [6, 6.07) is 7.92. The first-order valence-corrected chi connectivity index (χ1v) is 6.98. The molecule has 0 bridgehead atoms. The molecule has 0 radical (unpaired) electrons. The van der Waals surface area contributed by atoms with Crippen molar-refractivity contribution in [2.24, 2.45) is 0 Å². The van der Waals surface area contributed by atoms with Gasteiger partial charge in [0.2, 0.25) is 0 Å². The van der Waals surface area contributed by atoms with Crippen LogP contribution in [0.3, 0.4) is 0 Å². The molecule has 2 N–H and O–H groups in total. The maximum Gasteiger partial charge on any atom is 0.346 e. The molecule has 0 unspecified atom stereocenters. The summed E-state index contributed by atoms with van der Waals surface area (Å²) < 4.78 is 0. The Bertz CT molecular complexity index is 710. The minimum Gasteiger partial charge on any atom is -0.478 e. The number of hydrogen-bond acceptors (Lipinski definition) is 4. The molecule has 1 heterocycles. The lowest BCUT2D eigenvalue weighted by Gasteiger charge is -2.07. The molecule has 1 aromatic carbocycles. The summed E-state index contributed by atoms with van der Waals surface area (Å²) in [7, 11) is 0. The number of aromatic carboxylic acids is 1. The second-order valence-electron chi connectivity index (χ2n) is 4.43. The van der Waals surface area contributed by atoms with Crippen LogP contribution in [0.2, 0.25) is 0 Å². The molecule has 0 aliphatic heterocycles. The molecule has 2 rings (SSSR count). The van der Waals surface area contributed by atoms with E-state index in [1.807, 2.05) is 31.2 Å². The molecule has 0 atom stereocenters. The minimum absolute atomic E-state index is 0.0576. The van der Waals surface area contributed by atoms with Gasteiger partial charge in [-0.2, -0.15) is 4.98 Å². The fourth-order valence-electron chi connectivity index (χ4n) is 1.87. The number of nitrogens with zero attached hydrogens (tertiary/aromatic N) is 1. The highest BCUT2D eigenvalue weighted by Gasteiger charge is 2.16. The first kappa shape index (κ1) is 14.3. The molecule has 20 heavy (non-hydrogen) atoms. The number of benzene rings is 1. The Hall–Kier alpha value is -2.08. The number of H-pyrrole nitrogens is 1. The van der Waals surface area contributed by atoms with Gasteiger partial charge < -0.3 is 10.1 Å². The van der Waals surface area contributed by atoms with Gasteiger partial charge in [-0.25, -0.2) is 9.59 Å². The maximum absolute atomic E-state index is 11.4. The van der Waals surface area contributed by atoms with Crippen LogP contribution in [0.25, 0.3) is 0 Å². The van der Waals surface area contributed by atoms with Crippen LogP contribution in [0.4, 0.5) is 0 Å². The number of aromatic nitrogens is 2. The third-order valence-corrected chi connectivity index (χ3v) is 3.80. The van der Waals surface area contributed by atoms with E-state index in [0.29, 0.717) is 11.4 Å². The van der Waals surface area contributed by atoms with Crippen molar-refractivity contribution in [1.29, 1.82) is 0 Å². The highest BCUT2D eigenvalue weighted by Crippen LogP contribution is 2.25. The van der Waals surface area contributed by atoms with Crippen LogP contribution >= 0.6 is 11.8 Å². The predicted molar refractivity (Wildman–Crippen MR) is 77.3 cm³/mol. The number of nitrogens with one attached hydrogen (secondary N) is 1. The topological polar surface area (TPSA) is 83.0 Å². The van der Waals surface area contributed by atoms with E-state index in [1.165, 1.54) is 11.8 Å². The van der Waals surface area contributed by atoms with Gasteiger partial charge in [0.1, 0.15) is 10.6 Å². The van der Waals surface area contributed by atoms with Crippen molar-refractivity contribution in [3.05, 3.63) is 57.1 Å². The van der Waals surface area contributed by atoms with Gasteiger partial charge in [-0.15, -0.1) is 11.8 Å². The van der Waals surface area contributed by atoms with Crippen molar-refractivity contribution in [3.8, 4) is 0 Å². The average Bonchev–Trinajstić information content (AvgIpc) is 2.35. The first-order valence-electron chi connectivity index (χ1n) is 6.00. The highest BCUT2D eigenvalue weighted by atomic mass is 32.2. The second-order valence-corrected chi connectivity index (χ2v) is 5.39. The lowest BCUT2D eigenvalue weighted by atomic mass is 10.2. The Morgan fingerprint density at radius 2 is 2.15 bits per heavy atom. The van der Waals surface area contributed by atoms with Crippen molar-refractivity contribution < 1.29 is 9.90 Å². The van der Waals surface area contributed by atoms with E-state index in [0.717, 1.165) is 11.1 Å². The van der Waals surface area contributed by atoms with Gasteiger partial charge in [-0.1, -0.05) is 29.8 Å². The van der Waals surface area contributed by atoms with Gasteiger partial charge in [0.15, 0.2) is 0 Å². The van der Waals surface area contributed by atoms with E-state index >= 15 is 0 Å². The van der Waals surface area contributed by atoms with E-state index < -0.39 is 11.7 Å². The Morgan fingerprint density at radius 1 is 1.40 bits per heavy atom. The number of carbonyl (C=O) groups is 1. The zero-order valence-electron chi connectivity index (χ0n) is 11.1. The Balaban J connectivity index is 2.29. The lowest BCUT2D eigenvalue weighted by Crippen LogP contribution is -2.18. The number of carboxylic acid groups (broad SMARTS) is 1. The maximum atomic E-state index is 11.4. The zero-order chi connectivity index (χ0) is 14.7. The third kappa shape index (κ3) is 3.27. The van der Waals surface area contributed by atoms with Crippen LogP contribution in [0, 0.1) is 13.8 Å². The molecule has 5 nitrogen and oxygen atoms in total. The molecular formula is C14H14N2O3S. The van der Waals surface area contributed by atoms with Gasteiger partial charge in [-0.05, 0) is 19.4 Å². The normalized spacial score (nSPS) is 10.5. The number of carboxylic acids is 1. The Labute approximate surface area is 120 Å². The van der Waals surface area contributed by atoms with Gasteiger partial charge in [0.25, 0.3) is 0 Å². The van der Waals surface area contributed by atoms with Gasteiger partial charge in [-0.3, -0.25) is 0 Å². The Morgan fingerprint density at radius 3 is 2.80 bits per heavy atom. The van der Waals surface area contributed by atoms with Gasteiger partial charge in [0.05, 0.1) is 0 Å². The van der Waals surface area contributed by atoms with E-state index in [4.69, 9.17) is 0 Å². The number of aryl methyl sites for hydroxylation is 2. The zero-order valence-corrected chi connectivity index (χ0v) is 12.0. The summed E-state index contributed by atoms with van der Waals surface area (Å²) in [5.74, 6) is -0.518. The number of rotatable bonds is 4. The minimum atomic E-state index is -1.09. The summed E-state index contributed by atoms with van der Waals surface area (Å²) in [6.45, 7) is 3.55. The van der Waals surface area contributed by atoms with Crippen LogP contribution in [-0.4, -0.2) is 21.0 Å². The van der Waals surface area contributed by atoms with Crippen molar-refractivity contribution >= 4 is 17.7 Å². The fourth-order valence-corrected chi connectivity index (χ4v) is 2.88. The summed E-state index contributed by atoms with van der Waals surface area (Å²) in [6.07, 6.45) is 0. The fraction of sp³-hybridized carbons (Fsp3) is 0.214. The molecule has 1 aromatic heterocycles. The number of hydrogen-bond donors (Lipinski definition) is 2.